The highest BCUT2D eigenvalue weighted by molar-refractivity contribution is 9.10. The molecule has 0 saturated carbocycles. The molecule has 0 aliphatic heterocycles. The predicted molar refractivity (Wildman–Crippen MR) is 67.1 cm³/mol. The molecule has 0 heterocycles. The van der Waals surface area contributed by atoms with Gasteiger partial charge in [0.1, 0.15) is 0 Å². The Morgan fingerprint density at radius 1 is 1.07 bits per heavy atom. The molecule has 0 radical (unpaired) electrons. The van der Waals surface area contributed by atoms with Gasteiger partial charge in [-0.05, 0) is 47.2 Å². The number of hydrogen-bond donors (Lipinski definition) is 0. The summed E-state index contributed by atoms with van der Waals surface area (Å²) in [5.41, 5.74) is 7.10. The van der Waals surface area contributed by atoms with E-state index >= 15 is 0 Å². The Hall–Kier alpha value is -1.08. The molecule has 0 bridgehead atoms. The van der Waals surface area contributed by atoms with Crippen molar-refractivity contribution in [1.82, 2.24) is 0 Å². The van der Waals surface area contributed by atoms with E-state index in [2.05, 4.69) is 59.3 Å². The maximum absolute atomic E-state index is 3.64. The highest BCUT2D eigenvalue weighted by Gasteiger charge is 2.21. The van der Waals surface area contributed by atoms with E-state index in [9.17, 15) is 0 Å². The predicted octanol–water partition coefficient (Wildman–Crippen LogP) is 4.33. The SMILES string of the molecule is Cc1ccc(Br)c2c1-c1ccccc1C2. The fourth-order valence-corrected chi connectivity index (χ4v) is 2.87. The fraction of sp³-hybridized carbons (Fsp3) is 0.143. The molecule has 15 heavy (non-hydrogen) atoms. The standard InChI is InChI=1S/C14H11Br/c1-9-6-7-13(15)12-8-10-4-2-3-5-11(10)14(9)12/h2-7H,8H2,1H3. The molecule has 2 aromatic rings. The third-order valence-electron chi connectivity index (χ3n) is 3.12. The van der Waals surface area contributed by atoms with Crippen molar-refractivity contribution >= 4 is 15.9 Å². The Labute approximate surface area is 98.1 Å². The topological polar surface area (TPSA) is 0 Å². The van der Waals surface area contributed by atoms with E-state index < -0.39 is 0 Å². The number of hydrogen-bond acceptors (Lipinski definition) is 0. The molecule has 0 atom stereocenters. The summed E-state index contributed by atoms with van der Waals surface area (Å²) in [4.78, 5) is 0. The first-order chi connectivity index (χ1) is 7.27. The zero-order chi connectivity index (χ0) is 10.4. The van der Waals surface area contributed by atoms with Crippen molar-refractivity contribution in [2.24, 2.45) is 0 Å². The second kappa shape index (κ2) is 3.21. The molecule has 0 spiro atoms. The Balaban J connectivity index is 2.37. The van der Waals surface area contributed by atoms with Gasteiger partial charge in [-0.2, -0.15) is 0 Å². The minimum atomic E-state index is 1.06. The first-order valence-corrected chi connectivity index (χ1v) is 5.93. The fourth-order valence-electron chi connectivity index (χ4n) is 2.40. The normalized spacial score (nSPS) is 12.4. The molecule has 2 aromatic carbocycles. The average Bonchev–Trinajstić information content (AvgIpc) is 2.64. The monoisotopic (exact) mass is 258 g/mol. The van der Waals surface area contributed by atoms with Gasteiger partial charge in [0.05, 0.1) is 0 Å². The first-order valence-electron chi connectivity index (χ1n) is 5.13. The molecule has 0 aromatic heterocycles. The van der Waals surface area contributed by atoms with Crippen LogP contribution in [0.2, 0.25) is 0 Å². The third-order valence-corrected chi connectivity index (χ3v) is 3.86. The summed E-state index contributed by atoms with van der Waals surface area (Å²) in [5, 5.41) is 0. The summed E-state index contributed by atoms with van der Waals surface area (Å²) in [6.07, 6.45) is 1.06. The number of halogens is 1. The van der Waals surface area contributed by atoms with E-state index in [1.807, 2.05) is 0 Å². The van der Waals surface area contributed by atoms with Crippen LogP contribution in [0.25, 0.3) is 11.1 Å². The molecule has 74 valence electrons. The maximum atomic E-state index is 3.64. The van der Waals surface area contributed by atoms with Gasteiger partial charge in [0.15, 0.2) is 0 Å². The largest absolute Gasteiger partial charge is 0.0619 e. The van der Waals surface area contributed by atoms with E-state index in [-0.39, 0.29) is 0 Å². The van der Waals surface area contributed by atoms with E-state index in [1.54, 1.807) is 0 Å². The van der Waals surface area contributed by atoms with Crippen molar-refractivity contribution in [1.29, 1.82) is 0 Å². The number of aryl methyl sites for hydroxylation is 1. The van der Waals surface area contributed by atoms with Crippen molar-refractivity contribution in [3.05, 3.63) is 57.6 Å². The summed E-state index contributed by atoms with van der Waals surface area (Å²) in [5.74, 6) is 0. The second-order valence-electron chi connectivity index (χ2n) is 4.05. The zero-order valence-corrected chi connectivity index (χ0v) is 10.1. The summed E-state index contributed by atoms with van der Waals surface area (Å²) < 4.78 is 1.24. The first kappa shape index (κ1) is 9.17. The van der Waals surface area contributed by atoms with E-state index in [0.717, 1.165) is 6.42 Å². The van der Waals surface area contributed by atoms with Gasteiger partial charge >= 0.3 is 0 Å². The highest BCUT2D eigenvalue weighted by atomic mass is 79.9. The summed E-state index contributed by atoms with van der Waals surface area (Å²) >= 11 is 3.64. The van der Waals surface area contributed by atoms with Crippen LogP contribution in [-0.2, 0) is 6.42 Å². The Kier molecular flexibility index (Phi) is 1.96. The number of fused-ring (bicyclic) bond motifs is 3. The molecule has 0 amide bonds. The van der Waals surface area contributed by atoms with Gasteiger partial charge in [-0.1, -0.05) is 46.3 Å². The second-order valence-corrected chi connectivity index (χ2v) is 4.91. The molecular weight excluding hydrogens is 248 g/mol. The summed E-state index contributed by atoms with van der Waals surface area (Å²) in [6.45, 7) is 2.19. The van der Waals surface area contributed by atoms with Crippen molar-refractivity contribution in [3.63, 3.8) is 0 Å². The Bertz CT molecular complexity index is 541. The Morgan fingerprint density at radius 3 is 2.73 bits per heavy atom. The number of rotatable bonds is 0. The van der Waals surface area contributed by atoms with Crippen LogP contribution in [0.4, 0.5) is 0 Å². The lowest BCUT2D eigenvalue weighted by Crippen LogP contribution is -1.85. The van der Waals surface area contributed by atoms with Crippen LogP contribution in [0.3, 0.4) is 0 Å². The van der Waals surface area contributed by atoms with Crippen molar-refractivity contribution in [2.75, 3.05) is 0 Å². The van der Waals surface area contributed by atoms with E-state index in [1.165, 1.54) is 32.3 Å². The summed E-state index contributed by atoms with van der Waals surface area (Å²) in [6, 6.07) is 13.0. The van der Waals surface area contributed by atoms with Crippen LogP contribution in [0, 0.1) is 6.92 Å². The van der Waals surface area contributed by atoms with Gasteiger partial charge in [-0.25, -0.2) is 0 Å². The molecule has 0 unspecified atom stereocenters. The van der Waals surface area contributed by atoms with Crippen LogP contribution in [0.15, 0.2) is 40.9 Å². The molecule has 0 saturated heterocycles. The van der Waals surface area contributed by atoms with Crippen LogP contribution < -0.4 is 0 Å². The van der Waals surface area contributed by atoms with Crippen LogP contribution in [-0.4, -0.2) is 0 Å². The van der Waals surface area contributed by atoms with Crippen LogP contribution >= 0.6 is 15.9 Å². The van der Waals surface area contributed by atoms with Gasteiger partial charge in [-0.3, -0.25) is 0 Å². The number of benzene rings is 2. The molecular formula is C14H11Br. The van der Waals surface area contributed by atoms with Crippen molar-refractivity contribution in [3.8, 4) is 11.1 Å². The van der Waals surface area contributed by atoms with E-state index in [0.29, 0.717) is 0 Å². The minimum Gasteiger partial charge on any atom is -0.0619 e. The highest BCUT2D eigenvalue weighted by Crippen LogP contribution is 2.41. The van der Waals surface area contributed by atoms with Crippen molar-refractivity contribution in [2.45, 2.75) is 13.3 Å². The molecule has 0 nitrogen and oxygen atoms in total. The average molecular weight is 259 g/mol. The zero-order valence-electron chi connectivity index (χ0n) is 8.55. The molecule has 0 fully saturated rings. The van der Waals surface area contributed by atoms with Gasteiger partial charge in [-0.15, -0.1) is 0 Å². The molecule has 1 heteroatoms. The van der Waals surface area contributed by atoms with Crippen LogP contribution in [0.5, 0.6) is 0 Å². The van der Waals surface area contributed by atoms with Gasteiger partial charge in [0, 0.05) is 4.47 Å². The summed E-state index contributed by atoms with van der Waals surface area (Å²) in [7, 11) is 0. The lowest BCUT2D eigenvalue weighted by atomic mass is 10.0. The Morgan fingerprint density at radius 2 is 1.87 bits per heavy atom. The molecule has 1 aliphatic rings. The van der Waals surface area contributed by atoms with E-state index in [4.69, 9.17) is 0 Å². The molecule has 1 aliphatic carbocycles. The smallest absolute Gasteiger partial charge is 0.0217 e. The third kappa shape index (κ3) is 1.26. The molecule has 3 rings (SSSR count). The van der Waals surface area contributed by atoms with Gasteiger partial charge in [0.2, 0.25) is 0 Å². The quantitative estimate of drug-likeness (QED) is 0.563. The minimum absolute atomic E-state index is 1.06. The lowest BCUT2D eigenvalue weighted by molar-refractivity contribution is 1.24. The van der Waals surface area contributed by atoms with Crippen LogP contribution in [0.1, 0.15) is 16.7 Å². The maximum Gasteiger partial charge on any atom is 0.0217 e. The molecule has 0 N–H and O–H groups in total. The van der Waals surface area contributed by atoms with Crippen molar-refractivity contribution < 1.29 is 0 Å². The lowest BCUT2D eigenvalue weighted by Gasteiger charge is -2.06. The van der Waals surface area contributed by atoms with Gasteiger partial charge in [0.25, 0.3) is 0 Å². The van der Waals surface area contributed by atoms with Gasteiger partial charge < -0.3 is 0 Å².